The fraction of sp³-hybridized carbons (Fsp3) is 0.111. The Bertz CT molecular complexity index is 1100. The number of anilines is 2. The van der Waals surface area contributed by atoms with Gasteiger partial charge in [-0.2, -0.15) is 13.2 Å². The fourth-order valence-corrected chi connectivity index (χ4v) is 2.88. The summed E-state index contributed by atoms with van der Waals surface area (Å²) in [5.74, 6) is 0. The third-order valence-electron chi connectivity index (χ3n) is 3.75. The van der Waals surface area contributed by atoms with E-state index in [-0.39, 0.29) is 15.8 Å². The zero-order valence-electron chi connectivity index (χ0n) is 13.8. The molecule has 2 aromatic carbocycles. The Labute approximate surface area is 161 Å². The van der Waals surface area contributed by atoms with E-state index in [4.69, 9.17) is 28.2 Å². The minimum atomic E-state index is -4.50. The second-order valence-corrected chi connectivity index (χ2v) is 6.55. The molecule has 0 saturated heterocycles. The molecule has 0 bridgehead atoms. The molecule has 27 heavy (non-hydrogen) atoms. The molecule has 0 atom stereocenters. The van der Waals surface area contributed by atoms with Gasteiger partial charge in [-0.1, -0.05) is 11.6 Å². The summed E-state index contributed by atoms with van der Waals surface area (Å²) in [4.78, 5) is 11.5. The Hall–Kier alpha value is -2.58. The average molecular weight is 413 g/mol. The molecule has 9 heteroatoms. The molecule has 1 aromatic heterocycles. The van der Waals surface area contributed by atoms with Crippen molar-refractivity contribution in [1.29, 1.82) is 0 Å². The van der Waals surface area contributed by atoms with E-state index in [0.717, 1.165) is 29.1 Å². The Morgan fingerprint density at radius 3 is 2.56 bits per heavy atom. The normalized spacial score (nSPS) is 11.4. The van der Waals surface area contributed by atoms with Crippen LogP contribution in [0.3, 0.4) is 0 Å². The second kappa shape index (κ2) is 7.21. The molecule has 2 N–H and O–H groups in total. The molecule has 0 amide bonds. The van der Waals surface area contributed by atoms with Crippen molar-refractivity contribution in [3.05, 3.63) is 69.0 Å². The van der Waals surface area contributed by atoms with Crippen LogP contribution >= 0.6 is 23.8 Å². The first-order valence-corrected chi connectivity index (χ1v) is 8.41. The summed E-state index contributed by atoms with van der Waals surface area (Å²) < 4.78 is 43.7. The number of alkyl halides is 3. The Kier molecular flexibility index (Phi) is 5.12. The summed E-state index contributed by atoms with van der Waals surface area (Å²) in [7, 11) is 0. The van der Waals surface area contributed by atoms with Gasteiger partial charge in [0, 0.05) is 23.2 Å². The summed E-state index contributed by atoms with van der Waals surface area (Å²) in [6, 6.07) is 9.31. The van der Waals surface area contributed by atoms with Gasteiger partial charge in [-0.05, 0) is 55.0 Å². The molecule has 0 radical (unpaired) electrons. The second-order valence-electron chi connectivity index (χ2n) is 5.73. The lowest BCUT2D eigenvalue weighted by Gasteiger charge is -2.14. The summed E-state index contributed by atoms with van der Waals surface area (Å²) in [5.41, 5.74) is 0.326. The van der Waals surface area contributed by atoms with Crippen LogP contribution in [0.4, 0.5) is 24.5 Å². The van der Waals surface area contributed by atoms with E-state index in [9.17, 15) is 18.0 Å². The number of halogens is 4. The topological polar surface area (TPSA) is 54.3 Å². The van der Waals surface area contributed by atoms with Crippen molar-refractivity contribution < 1.29 is 17.6 Å². The van der Waals surface area contributed by atoms with Crippen molar-refractivity contribution in [2.45, 2.75) is 13.1 Å². The number of hydrogen-bond acceptors (Lipinski definition) is 3. The summed E-state index contributed by atoms with van der Waals surface area (Å²) in [5, 5.41) is 6.35. The van der Waals surface area contributed by atoms with Gasteiger partial charge in [0.1, 0.15) is 5.58 Å². The molecule has 0 aliphatic rings. The fourth-order valence-electron chi connectivity index (χ4n) is 2.48. The minimum Gasteiger partial charge on any atom is -0.423 e. The van der Waals surface area contributed by atoms with Crippen LogP contribution in [0.1, 0.15) is 11.1 Å². The molecule has 140 valence electrons. The largest absolute Gasteiger partial charge is 0.423 e. The van der Waals surface area contributed by atoms with Gasteiger partial charge in [-0.25, -0.2) is 4.79 Å². The van der Waals surface area contributed by atoms with Crippen LogP contribution in [0.15, 0.2) is 51.7 Å². The number of fused-ring (bicyclic) bond motifs is 1. The van der Waals surface area contributed by atoms with Gasteiger partial charge in [-0.15, -0.1) is 0 Å². The highest BCUT2D eigenvalue weighted by Crippen LogP contribution is 2.34. The number of aryl methyl sites for hydroxylation is 1. The molecule has 1 heterocycles. The zero-order valence-corrected chi connectivity index (χ0v) is 15.4. The van der Waals surface area contributed by atoms with Gasteiger partial charge in [0.2, 0.25) is 0 Å². The van der Waals surface area contributed by atoms with E-state index >= 15 is 0 Å². The number of rotatable bonds is 2. The van der Waals surface area contributed by atoms with Crippen molar-refractivity contribution in [2.24, 2.45) is 0 Å². The van der Waals surface area contributed by atoms with Crippen LogP contribution in [0.25, 0.3) is 11.0 Å². The number of nitrogens with one attached hydrogen (secondary N) is 2. The van der Waals surface area contributed by atoms with Gasteiger partial charge in [0.25, 0.3) is 0 Å². The first kappa shape index (κ1) is 19.2. The molecule has 3 aromatic rings. The van der Waals surface area contributed by atoms with Crippen molar-refractivity contribution in [2.75, 3.05) is 10.6 Å². The molecule has 4 nitrogen and oxygen atoms in total. The molecule has 0 aliphatic heterocycles. The zero-order chi connectivity index (χ0) is 19.8. The first-order chi connectivity index (χ1) is 12.6. The molecule has 3 rings (SSSR count). The molecular formula is C18H12ClF3N2O2S. The smallest absolute Gasteiger partial charge is 0.416 e. The highest BCUT2D eigenvalue weighted by atomic mass is 35.5. The maximum absolute atomic E-state index is 12.8. The molecule has 0 aliphatic carbocycles. The monoisotopic (exact) mass is 412 g/mol. The Morgan fingerprint density at radius 1 is 1.11 bits per heavy atom. The van der Waals surface area contributed by atoms with Crippen molar-refractivity contribution in [1.82, 2.24) is 0 Å². The van der Waals surface area contributed by atoms with Crippen LogP contribution in [0, 0.1) is 6.92 Å². The van der Waals surface area contributed by atoms with E-state index in [0.29, 0.717) is 11.3 Å². The van der Waals surface area contributed by atoms with Crippen LogP contribution in [-0.4, -0.2) is 5.11 Å². The number of hydrogen-bond donors (Lipinski definition) is 2. The Morgan fingerprint density at radius 2 is 1.85 bits per heavy atom. The summed E-state index contributed by atoms with van der Waals surface area (Å²) in [6.45, 7) is 1.79. The van der Waals surface area contributed by atoms with Gasteiger partial charge < -0.3 is 15.1 Å². The number of benzene rings is 2. The van der Waals surface area contributed by atoms with Gasteiger partial charge in [0.15, 0.2) is 5.11 Å². The van der Waals surface area contributed by atoms with Crippen LogP contribution in [0.2, 0.25) is 5.02 Å². The molecule has 0 fully saturated rings. The molecule has 0 unspecified atom stereocenters. The van der Waals surface area contributed by atoms with Crippen molar-refractivity contribution >= 4 is 51.3 Å². The highest BCUT2D eigenvalue weighted by molar-refractivity contribution is 7.80. The van der Waals surface area contributed by atoms with Crippen molar-refractivity contribution in [3.63, 3.8) is 0 Å². The first-order valence-electron chi connectivity index (χ1n) is 7.63. The maximum Gasteiger partial charge on any atom is 0.416 e. The molecular weight excluding hydrogens is 401 g/mol. The SMILES string of the molecule is Cc1cc(=O)oc2cc(NC(=S)Nc3cc(C(F)(F)F)ccc3Cl)ccc12. The lowest BCUT2D eigenvalue weighted by atomic mass is 10.1. The van der Waals surface area contributed by atoms with Gasteiger partial charge in [-0.3, -0.25) is 0 Å². The lowest BCUT2D eigenvalue weighted by molar-refractivity contribution is -0.137. The summed E-state index contributed by atoms with van der Waals surface area (Å²) >= 11 is 11.1. The predicted molar refractivity (Wildman–Crippen MR) is 104 cm³/mol. The molecule has 0 spiro atoms. The Balaban J connectivity index is 1.82. The maximum atomic E-state index is 12.8. The summed E-state index contributed by atoms with van der Waals surface area (Å²) in [6.07, 6.45) is -4.50. The highest BCUT2D eigenvalue weighted by Gasteiger charge is 2.31. The molecule has 0 saturated carbocycles. The lowest BCUT2D eigenvalue weighted by Crippen LogP contribution is -2.19. The standard InChI is InChI=1S/C18H12ClF3N2O2S/c1-9-6-16(25)26-15-8-11(3-4-12(9)15)23-17(27)24-14-7-10(18(20,21)22)2-5-13(14)19/h2-8H,1H3,(H2,23,24,27). The van der Waals surface area contributed by atoms with Gasteiger partial charge in [0.05, 0.1) is 16.3 Å². The van der Waals surface area contributed by atoms with Crippen LogP contribution < -0.4 is 16.3 Å². The van der Waals surface area contributed by atoms with E-state index in [1.54, 1.807) is 25.1 Å². The van der Waals surface area contributed by atoms with E-state index in [1.807, 2.05) is 0 Å². The third-order valence-corrected chi connectivity index (χ3v) is 4.28. The minimum absolute atomic E-state index is 0.0205. The van der Waals surface area contributed by atoms with Crippen LogP contribution in [-0.2, 0) is 6.18 Å². The van der Waals surface area contributed by atoms with Crippen molar-refractivity contribution in [3.8, 4) is 0 Å². The van der Waals surface area contributed by atoms with Gasteiger partial charge >= 0.3 is 11.8 Å². The van der Waals surface area contributed by atoms with E-state index in [1.165, 1.54) is 6.07 Å². The average Bonchev–Trinajstić information content (AvgIpc) is 2.55. The third kappa shape index (κ3) is 4.40. The quantitative estimate of drug-likeness (QED) is 0.425. The van der Waals surface area contributed by atoms with Crippen LogP contribution in [0.5, 0.6) is 0 Å². The number of thiocarbonyl (C=S) groups is 1. The predicted octanol–water partition coefficient (Wildman–Crippen LogP) is 5.58. The van der Waals surface area contributed by atoms with E-state index in [2.05, 4.69) is 10.6 Å². The van der Waals surface area contributed by atoms with E-state index < -0.39 is 17.4 Å².